The molecule has 2 unspecified atom stereocenters. The lowest BCUT2D eigenvalue weighted by Crippen LogP contribution is -2.43. The van der Waals surface area contributed by atoms with Crippen LogP contribution in [0.5, 0.6) is 0 Å². The van der Waals surface area contributed by atoms with E-state index in [4.69, 9.17) is 4.74 Å². The van der Waals surface area contributed by atoms with Crippen molar-refractivity contribution >= 4 is 11.9 Å². The number of rotatable bonds is 10. The van der Waals surface area contributed by atoms with Crippen LogP contribution in [0.3, 0.4) is 0 Å². The number of aliphatic carboxylic acids is 1. The summed E-state index contributed by atoms with van der Waals surface area (Å²) < 4.78 is 4.99. The Kier molecular flexibility index (Phi) is 9.00. The molecule has 0 aromatic heterocycles. The van der Waals surface area contributed by atoms with Gasteiger partial charge in [-0.05, 0) is 18.3 Å². The highest BCUT2D eigenvalue weighted by Gasteiger charge is 2.24. The van der Waals surface area contributed by atoms with Gasteiger partial charge in [-0.3, -0.25) is 4.79 Å². The van der Waals surface area contributed by atoms with Crippen LogP contribution in [0.4, 0.5) is 0 Å². The van der Waals surface area contributed by atoms with Crippen molar-refractivity contribution in [3.8, 4) is 0 Å². The van der Waals surface area contributed by atoms with Crippen molar-refractivity contribution in [1.29, 1.82) is 0 Å². The number of carbonyl (C=O) groups excluding carboxylic acids is 1. The molecule has 0 heterocycles. The number of aliphatic hydroxyl groups is 1. The summed E-state index contributed by atoms with van der Waals surface area (Å²) in [5, 5.41) is 22.1. The maximum atomic E-state index is 11.7. The molecule has 138 valence electrons. The predicted molar refractivity (Wildman–Crippen MR) is 91.6 cm³/mol. The molecule has 0 saturated heterocycles. The van der Waals surface area contributed by atoms with Crippen molar-refractivity contribution in [2.45, 2.75) is 64.5 Å². The van der Waals surface area contributed by atoms with Crippen LogP contribution >= 0.6 is 0 Å². The molecule has 0 aromatic carbocycles. The second kappa shape index (κ2) is 10.5. The molecule has 2 atom stereocenters. The molecule has 6 heteroatoms. The number of ether oxygens (including phenoxy) is 1. The van der Waals surface area contributed by atoms with Gasteiger partial charge in [0.25, 0.3) is 0 Å². The highest BCUT2D eigenvalue weighted by atomic mass is 16.5. The molecule has 0 amide bonds. The van der Waals surface area contributed by atoms with E-state index < -0.39 is 24.1 Å². The Balaban J connectivity index is 2.33. The zero-order chi connectivity index (χ0) is 18.1. The Bertz CT molecular complexity index is 429. The Morgan fingerprint density at radius 1 is 1.25 bits per heavy atom. The van der Waals surface area contributed by atoms with E-state index in [-0.39, 0.29) is 19.1 Å². The lowest BCUT2D eigenvalue weighted by molar-refractivity contribution is -0.143. The Morgan fingerprint density at radius 2 is 1.88 bits per heavy atom. The minimum Gasteiger partial charge on any atom is -0.480 e. The van der Waals surface area contributed by atoms with Gasteiger partial charge in [0.1, 0.15) is 18.8 Å². The molecule has 0 spiro atoms. The van der Waals surface area contributed by atoms with Gasteiger partial charge in [0.05, 0.1) is 0 Å². The zero-order valence-corrected chi connectivity index (χ0v) is 14.8. The minimum absolute atomic E-state index is 0.0142. The average Bonchev–Trinajstić information content (AvgIpc) is 2.56. The van der Waals surface area contributed by atoms with E-state index in [2.05, 4.69) is 11.9 Å². The van der Waals surface area contributed by atoms with Gasteiger partial charge >= 0.3 is 11.9 Å². The number of esters is 1. The number of carboxylic acid groups (broad SMARTS) is 1. The molecule has 0 aliphatic heterocycles. The van der Waals surface area contributed by atoms with Gasteiger partial charge in [-0.1, -0.05) is 52.5 Å². The van der Waals surface area contributed by atoms with Crippen molar-refractivity contribution in [2.24, 2.45) is 11.8 Å². The molecule has 3 N–H and O–H groups in total. The lowest BCUT2D eigenvalue weighted by atomic mass is 9.85. The van der Waals surface area contributed by atoms with E-state index in [1.54, 1.807) is 0 Å². The summed E-state index contributed by atoms with van der Waals surface area (Å²) in [6.07, 6.45) is 5.33. The van der Waals surface area contributed by atoms with Gasteiger partial charge in [0.2, 0.25) is 0 Å². The molecule has 1 saturated carbocycles. The second-order valence-corrected chi connectivity index (χ2v) is 6.97. The number of aliphatic hydroxyl groups excluding tert-OH is 1. The normalized spacial score (nSPS) is 18.2. The van der Waals surface area contributed by atoms with Crippen LogP contribution in [0.25, 0.3) is 0 Å². The molecule has 1 aliphatic carbocycles. The van der Waals surface area contributed by atoms with E-state index in [0.29, 0.717) is 17.9 Å². The third kappa shape index (κ3) is 7.45. The molecule has 6 nitrogen and oxygen atoms in total. The molecule has 0 radical (unpaired) electrons. The summed E-state index contributed by atoms with van der Waals surface area (Å²) in [6, 6.07) is -0.677. The number of carbonyl (C=O) groups is 2. The van der Waals surface area contributed by atoms with Gasteiger partial charge in [0.15, 0.2) is 0 Å². The first-order valence-corrected chi connectivity index (χ1v) is 8.81. The summed E-state index contributed by atoms with van der Waals surface area (Å²) >= 11 is 0. The van der Waals surface area contributed by atoms with Crippen LogP contribution in [0.2, 0.25) is 0 Å². The van der Waals surface area contributed by atoms with Crippen LogP contribution < -0.4 is 5.32 Å². The fraction of sp³-hybridized carbons (Fsp3) is 0.778. The zero-order valence-electron chi connectivity index (χ0n) is 14.8. The first-order valence-electron chi connectivity index (χ1n) is 8.81. The monoisotopic (exact) mass is 341 g/mol. The van der Waals surface area contributed by atoms with Crippen LogP contribution in [-0.4, -0.2) is 47.4 Å². The Labute approximate surface area is 144 Å². The Morgan fingerprint density at radius 3 is 2.42 bits per heavy atom. The van der Waals surface area contributed by atoms with Gasteiger partial charge in [0, 0.05) is 12.1 Å². The molecular formula is C18H31NO5. The summed E-state index contributed by atoms with van der Waals surface area (Å²) in [5.41, 5.74) is 0.357. The maximum absolute atomic E-state index is 11.7. The van der Waals surface area contributed by atoms with E-state index in [1.165, 1.54) is 6.42 Å². The molecule has 1 fully saturated rings. The number of nitrogens with one attached hydrogen (secondary N) is 1. The van der Waals surface area contributed by atoms with Crippen molar-refractivity contribution in [3.63, 3.8) is 0 Å². The summed E-state index contributed by atoms with van der Waals surface area (Å²) in [5.74, 6) is -1.02. The maximum Gasteiger partial charge on any atom is 0.333 e. The van der Waals surface area contributed by atoms with Crippen LogP contribution in [0, 0.1) is 11.8 Å². The third-order valence-electron chi connectivity index (χ3n) is 4.56. The fourth-order valence-corrected chi connectivity index (χ4v) is 2.87. The van der Waals surface area contributed by atoms with E-state index in [9.17, 15) is 19.8 Å². The van der Waals surface area contributed by atoms with E-state index in [0.717, 1.165) is 25.7 Å². The van der Waals surface area contributed by atoms with Gasteiger partial charge in [-0.25, -0.2) is 4.79 Å². The van der Waals surface area contributed by atoms with E-state index >= 15 is 0 Å². The number of carboxylic acids is 1. The van der Waals surface area contributed by atoms with Crippen molar-refractivity contribution in [1.82, 2.24) is 5.32 Å². The van der Waals surface area contributed by atoms with Crippen molar-refractivity contribution < 1.29 is 24.5 Å². The highest BCUT2D eigenvalue weighted by Crippen LogP contribution is 2.27. The second-order valence-electron chi connectivity index (χ2n) is 6.97. The molecule has 0 bridgehead atoms. The number of hydrogen-bond donors (Lipinski definition) is 3. The van der Waals surface area contributed by atoms with Crippen LogP contribution in [-0.2, 0) is 14.3 Å². The number of hydrogen-bond acceptors (Lipinski definition) is 5. The third-order valence-corrected chi connectivity index (χ3v) is 4.56. The smallest absolute Gasteiger partial charge is 0.333 e. The SMILES string of the molecule is C=C(C(=O)OCC(O)CNC(CC1CCCCC1)C(=O)O)C(C)C. The van der Waals surface area contributed by atoms with Gasteiger partial charge in [-0.2, -0.15) is 0 Å². The first kappa shape index (κ1) is 20.6. The largest absolute Gasteiger partial charge is 0.480 e. The molecule has 1 aliphatic rings. The van der Waals surface area contributed by atoms with Crippen molar-refractivity contribution in [2.75, 3.05) is 13.2 Å². The standard InChI is InChI=1S/C18H31NO5/c1-12(2)13(3)18(23)24-11-15(20)10-19-16(17(21)22)9-14-7-5-4-6-8-14/h12,14-16,19-20H,3-11H2,1-2H3,(H,21,22). The fourth-order valence-electron chi connectivity index (χ4n) is 2.87. The quantitative estimate of drug-likeness (QED) is 0.416. The molecule has 0 aromatic rings. The van der Waals surface area contributed by atoms with E-state index in [1.807, 2.05) is 13.8 Å². The molecule has 1 rings (SSSR count). The van der Waals surface area contributed by atoms with Crippen LogP contribution in [0.15, 0.2) is 12.2 Å². The van der Waals surface area contributed by atoms with Crippen molar-refractivity contribution in [3.05, 3.63) is 12.2 Å². The van der Waals surface area contributed by atoms with Gasteiger partial charge in [-0.15, -0.1) is 0 Å². The summed E-state index contributed by atoms with van der Waals surface area (Å²) in [7, 11) is 0. The molecule has 24 heavy (non-hydrogen) atoms. The average molecular weight is 341 g/mol. The summed E-state index contributed by atoms with van der Waals surface area (Å²) in [4.78, 5) is 23.0. The minimum atomic E-state index is -0.942. The van der Waals surface area contributed by atoms with Gasteiger partial charge < -0.3 is 20.3 Å². The molecular weight excluding hydrogens is 310 g/mol. The summed E-state index contributed by atoms with van der Waals surface area (Å²) in [6.45, 7) is 7.22. The predicted octanol–water partition coefficient (Wildman–Crippen LogP) is 2.12. The topological polar surface area (TPSA) is 95.9 Å². The Hall–Kier alpha value is -1.40. The highest BCUT2D eigenvalue weighted by molar-refractivity contribution is 5.88. The van der Waals surface area contributed by atoms with Crippen LogP contribution in [0.1, 0.15) is 52.4 Å². The lowest BCUT2D eigenvalue weighted by Gasteiger charge is -2.25. The first-order chi connectivity index (χ1) is 11.3.